The van der Waals surface area contributed by atoms with E-state index < -0.39 is 18.2 Å². The third-order valence-corrected chi connectivity index (χ3v) is 2.45. The second-order valence-corrected chi connectivity index (χ2v) is 4.50. The summed E-state index contributed by atoms with van der Waals surface area (Å²) >= 11 is 0. The first-order chi connectivity index (χ1) is 8.38. The maximum absolute atomic E-state index is 11.6. The first-order valence-corrected chi connectivity index (χ1v) is 6.03. The Hall–Kier alpha value is -1.14. The molecule has 0 radical (unpaired) electrons. The van der Waals surface area contributed by atoms with E-state index in [9.17, 15) is 9.59 Å². The quantitative estimate of drug-likeness (QED) is 0.636. The van der Waals surface area contributed by atoms with Gasteiger partial charge in [-0.05, 0) is 19.3 Å². The van der Waals surface area contributed by atoms with E-state index in [1.54, 1.807) is 6.92 Å². The van der Waals surface area contributed by atoms with Gasteiger partial charge in [-0.1, -0.05) is 13.8 Å². The summed E-state index contributed by atoms with van der Waals surface area (Å²) in [7, 11) is 1.29. The third-order valence-electron chi connectivity index (χ3n) is 2.45. The van der Waals surface area contributed by atoms with Crippen molar-refractivity contribution in [1.82, 2.24) is 5.32 Å². The van der Waals surface area contributed by atoms with Crippen molar-refractivity contribution < 1.29 is 24.2 Å². The Labute approximate surface area is 108 Å². The molecule has 1 amide bonds. The number of nitrogens with one attached hydrogen (secondary N) is 1. The van der Waals surface area contributed by atoms with Crippen LogP contribution >= 0.6 is 0 Å². The molecule has 0 aromatic heterocycles. The largest absolute Gasteiger partial charge is 0.479 e. The maximum atomic E-state index is 11.6. The summed E-state index contributed by atoms with van der Waals surface area (Å²) in [5.41, 5.74) is 0. The van der Waals surface area contributed by atoms with Crippen LogP contribution in [-0.2, 0) is 19.1 Å². The Kier molecular flexibility index (Phi) is 8.32. The maximum Gasteiger partial charge on any atom is 0.334 e. The molecule has 18 heavy (non-hydrogen) atoms. The molecule has 0 bridgehead atoms. The zero-order chi connectivity index (χ0) is 14.1. The Morgan fingerprint density at radius 1 is 1.28 bits per heavy atom. The monoisotopic (exact) mass is 261 g/mol. The number of ether oxygens (including phenoxy) is 2. The van der Waals surface area contributed by atoms with Crippen LogP contribution in [0, 0.1) is 5.92 Å². The van der Waals surface area contributed by atoms with Gasteiger partial charge in [-0.3, -0.25) is 4.79 Å². The minimum atomic E-state index is -1.11. The molecule has 0 aromatic rings. The van der Waals surface area contributed by atoms with Crippen molar-refractivity contribution in [3.63, 3.8) is 0 Å². The van der Waals surface area contributed by atoms with Crippen molar-refractivity contribution in [2.24, 2.45) is 5.92 Å². The number of carbonyl (C=O) groups is 2. The standard InChI is InChI=1S/C12H23NO5/c1-8(2)5-6-18-9(3)11(14)13-7-10(17-4)12(15)16/h8-10H,5-7H2,1-4H3,(H,13,14)(H,15,16). The predicted molar refractivity (Wildman–Crippen MR) is 66.3 cm³/mol. The summed E-state index contributed by atoms with van der Waals surface area (Å²) in [5.74, 6) is -0.918. The molecule has 2 atom stereocenters. The molecule has 106 valence electrons. The minimum absolute atomic E-state index is 0.0669. The second-order valence-electron chi connectivity index (χ2n) is 4.50. The highest BCUT2D eigenvalue weighted by molar-refractivity contribution is 5.81. The number of rotatable bonds is 9. The van der Waals surface area contributed by atoms with Crippen molar-refractivity contribution in [3.05, 3.63) is 0 Å². The molecule has 2 N–H and O–H groups in total. The SMILES string of the molecule is COC(CNC(=O)C(C)OCCC(C)C)C(=O)O. The number of carbonyl (C=O) groups excluding carboxylic acids is 1. The van der Waals surface area contributed by atoms with E-state index in [0.29, 0.717) is 12.5 Å². The van der Waals surface area contributed by atoms with Crippen LogP contribution in [0.4, 0.5) is 0 Å². The van der Waals surface area contributed by atoms with Gasteiger partial charge in [0.1, 0.15) is 6.10 Å². The fourth-order valence-electron chi connectivity index (χ4n) is 1.16. The Morgan fingerprint density at radius 3 is 2.33 bits per heavy atom. The van der Waals surface area contributed by atoms with Crippen LogP contribution in [0.25, 0.3) is 0 Å². The topological polar surface area (TPSA) is 84.9 Å². The smallest absolute Gasteiger partial charge is 0.334 e. The van der Waals surface area contributed by atoms with Crippen molar-refractivity contribution in [2.75, 3.05) is 20.3 Å². The van der Waals surface area contributed by atoms with E-state index >= 15 is 0 Å². The van der Waals surface area contributed by atoms with E-state index in [1.807, 2.05) is 0 Å². The Bertz CT molecular complexity index is 267. The lowest BCUT2D eigenvalue weighted by atomic mass is 10.1. The molecule has 0 rings (SSSR count). The molecular formula is C12H23NO5. The number of hydrogen-bond acceptors (Lipinski definition) is 4. The van der Waals surface area contributed by atoms with Crippen molar-refractivity contribution in [2.45, 2.75) is 39.4 Å². The molecule has 0 aliphatic heterocycles. The molecule has 0 aliphatic rings. The van der Waals surface area contributed by atoms with Gasteiger partial charge in [0.05, 0.1) is 6.54 Å². The summed E-state index contributed by atoms with van der Waals surface area (Å²) in [6, 6.07) is 0. The fourth-order valence-corrected chi connectivity index (χ4v) is 1.16. The highest BCUT2D eigenvalue weighted by Crippen LogP contribution is 2.01. The number of carboxylic acids is 1. The van der Waals surface area contributed by atoms with Crippen LogP contribution < -0.4 is 5.32 Å². The molecule has 0 aromatic carbocycles. The van der Waals surface area contributed by atoms with Gasteiger partial charge in [-0.2, -0.15) is 0 Å². The van der Waals surface area contributed by atoms with Crippen molar-refractivity contribution >= 4 is 11.9 Å². The molecule has 0 spiro atoms. The summed E-state index contributed by atoms with van der Waals surface area (Å²) < 4.78 is 10.0. The van der Waals surface area contributed by atoms with Gasteiger partial charge in [0.2, 0.25) is 5.91 Å². The van der Waals surface area contributed by atoms with Crippen LogP contribution in [0.2, 0.25) is 0 Å². The number of hydrogen-bond donors (Lipinski definition) is 2. The molecule has 2 unspecified atom stereocenters. The average Bonchev–Trinajstić information content (AvgIpc) is 2.28. The fraction of sp³-hybridized carbons (Fsp3) is 0.833. The van der Waals surface area contributed by atoms with Crippen LogP contribution in [0.15, 0.2) is 0 Å². The number of carboxylic acid groups (broad SMARTS) is 1. The second kappa shape index (κ2) is 8.88. The summed E-state index contributed by atoms with van der Waals surface area (Å²) in [4.78, 5) is 22.2. The van der Waals surface area contributed by atoms with E-state index in [2.05, 4.69) is 19.2 Å². The Morgan fingerprint density at radius 2 is 1.89 bits per heavy atom. The van der Waals surface area contributed by atoms with Crippen molar-refractivity contribution in [1.29, 1.82) is 0 Å². The molecule has 0 heterocycles. The van der Waals surface area contributed by atoms with Gasteiger partial charge in [0.25, 0.3) is 0 Å². The number of aliphatic carboxylic acids is 1. The number of amides is 1. The highest BCUT2D eigenvalue weighted by atomic mass is 16.5. The zero-order valence-corrected chi connectivity index (χ0v) is 11.4. The van der Waals surface area contributed by atoms with Crippen LogP contribution in [0.5, 0.6) is 0 Å². The molecule has 6 heteroatoms. The number of methoxy groups -OCH3 is 1. The van der Waals surface area contributed by atoms with Gasteiger partial charge >= 0.3 is 5.97 Å². The van der Waals surface area contributed by atoms with Crippen LogP contribution in [-0.4, -0.2) is 49.5 Å². The van der Waals surface area contributed by atoms with Crippen molar-refractivity contribution in [3.8, 4) is 0 Å². The summed E-state index contributed by atoms with van der Waals surface area (Å²) in [6.45, 7) is 6.23. The lowest BCUT2D eigenvalue weighted by molar-refractivity contribution is -0.148. The molecular weight excluding hydrogens is 238 g/mol. The Balaban J connectivity index is 3.90. The van der Waals surface area contributed by atoms with Gasteiger partial charge in [-0.25, -0.2) is 4.79 Å². The highest BCUT2D eigenvalue weighted by Gasteiger charge is 2.19. The summed E-state index contributed by atoms with van der Waals surface area (Å²) in [5, 5.41) is 11.2. The van der Waals surface area contributed by atoms with E-state index in [1.165, 1.54) is 7.11 Å². The minimum Gasteiger partial charge on any atom is -0.479 e. The molecule has 6 nitrogen and oxygen atoms in total. The predicted octanol–water partition coefficient (Wildman–Crippen LogP) is 0.653. The van der Waals surface area contributed by atoms with Gasteiger partial charge in [0, 0.05) is 13.7 Å². The summed E-state index contributed by atoms with van der Waals surface area (Å²) in [6.07, 6.45) is -0.736. The third kappa shape index (κ3) is 7.24. The molecule has 0 saturated heterocycles. The van der Waals surface area contributed by atoms with Crippen LogP contribution in [0.1, 0.15) is 27.2 Å². The van der Waals surface area contributed by atoms with E-state index in [4.69, 9.17) is 14.6 Å². The normalized spacial score (nSPS) is 14.3. The molecule has 0 aliphatic carbocycles. The van der Waals surface area contributed by atoms with E-state index in [0.717, 1.165) is 6.42 Å². The van der Waals surface area contributed by atoms with Gasteiger partial charge in [-0.15, -0.1) is 0 Å². The average molecular weight is 261 g/mol. The first kappa shape index (κ1) is 16.9. The van der Waals surface area contributed by atoms with Gasteiger partial charge < -0.3 is 19.9 Å². The van der Waals surface area contributed by atoms with Gasteiger partial charge in [0.15, 0.2) is 6.10 Å². The van der Waals surface area contributed by atoms with E-state index in [-0.39, 0.29) is 12.5 Å². The lowest BCUT2D eigenvalue weighted by Gasteiger charge is -2.16. The zero-order valence-electron chi connectivity index (χ0n) is 11.4. The molecule has 0 saturated carbocycles. The lowest BCUT2D eigenvalue weighted by Crippen LogP contribution is -2.42. The van der Waals surface area contributed by atoms with Crippen LogP contribution in [0.3, 0.4) is 0 Å². The molecule has 0 fully saturated rings. The first-order valence-electron chi connectivity index (χ1n) is 6.03.